The van der Waals surface area contributed by atoms with Crippen molar-refractivity contribution in [2.45, 2.75) is 33.1 Å². The molecule has 37 heavy (non-hydrogen) atoms. The van der Waals surface area contributed by atoms with Crippen molar-refractivity contribution in [2.75, 3.05) is 5.32 Å². The SMILES string of the molecule is Cc1occc1C(=O)NN=C1CCCc2oc(C(=O)Nc3ccc(N=Nc4ccccc4)cc3)c(C)c21. The standard InChI is InChI=1S/C28H25N5O4/c1-17-25-23(32-33-27(34)22-15-16-36-18(22)2)9-6-10-24(25)37-26(17)28(35)29-19-11-13-21(14-12-19)31-30-20-7-4-3-5-8-20/h3-5,7-8,11-16H,6,9-10H2,1-2H3,(H,29,35)(H,33,34). The summed E-state index contributed by atoms with van der Waals surface area (Å²) < 4.78 is 11.1. The van der Waals surface area contributed by atoms with Crippen LogP contribution in [0, 0.1) is 13.8 Å². The van der Waals surface area contributed by atoms with Crippen LogP contribution in [0.1, 0.15) is 56.4 Å². The molecule has 1 aliphatic carbocycles. The minimum Gasteiger partial charge on any atom is -0.469 e. The minimum atomic E-state index is -0.358. The summed E-state index contributed by atoms with van der Waals surface area (Å²) in [5, 5.41) is 15.6. The molecule has 0 saturated carbocycles. The maximum atomic E-state index is 13.0. The lowest BCUT2D eigenvalue weighted by molar-refractivity contribution is 0.0952. The highest BCUT2D eigenvalue weighted by Gasteiger charge is 2.28. The highest BCUT2D eigenvalue weighted by Crippen LogP contribution is 2.30. The summed E-state index contributed by atoms with van der Waals surface area (Å²) in [4.78, 5) is 25.5. The second kappa shape index (κ2) is 10.4. The van der Waals surface area contributed by atoms with Crippen LogP contribution in [-0.4, -0.2) is 17.5 Å². The molecule has 9 nitrogen and oxygen atoms in total. The first-order valence-electron chi connectivity index (χ1n) is 11.9. The molecule has 0 aliphatic heterocycles. The molecule has 2 N–H and O–H groups in total. The van der Waals surface area contributed by atoms with Gasteiger partial charge in [-0.05, 0) is 69.2 Å². The summed E-state index contributed by atoms with van der Waals surface area (Å²) in [6, 6.07) is 18.1. The van der Waals surface area contributed by atoms with Crippen molar-refractivity contribution in [1.29, 1.82) is 0 Å². The molecule has 0 atom stereocenters. The zero-order valence-electron chi connectivity index (χ0n) is 20.4. The van der Waals surface area contributed by atoms with Crippen LogP contribution in [0.5, 0.6) is 0 Å². The number of azo groups is 1. The van der Waals surface area contributed by atoms with E-state index in [1.807, 2.05) is 37.3 Å². The normalized spacial score (nSPS) is 14.1. The van der Waals surface area contributed by atoms with Gasteiger partial charge in [0.15, 0.2) is 5.76 Å². The van der Waals surface area contributed by atoms with Gasteiger partial charge >= 0.3 is 0 Å². The Kier molecular flexibility index (Phi) is 6.76. The van der Waals surface area contributed by atoms with E-state index in [0.29, 0.717) is 52.6 Å². The average molecular weight is 496 g/mol. The van der Waals surface area contributed by atoms with Crippen LogP contribution in [-0.2, 0) is 6.42 Å². The Morgan fingerprint density at radius 2 is 1.59 bits per heavy atom. The number of nitrogens with zero attached hydrogens (tertiary/aromatic N) is 3. The molecule has 0 saturated heterocycles. The van der Waals surface area contributed by atoms with E-state index in [1.54, 1.807) is 37.3 Å². The molecule has 2 heterocycles. The average Bonchev–Trinajstić information content (AvgIpc) is 3.50. The molecule has 2 aromatic carbocycles. The van der Waals surface area contributed by atoms with E-state index < -0.39 is 0 Å². The Bertz CT molecular complexity index is 1500. The van der Waals surface area contributed by atoms with Gasteiger partial charge < -0.3 is 14.2 Å². The minimum absolute atomic E-state index is 0.226. The van der Waals surface area contributed by atoms with Gasteiger partial charge in [0, 0.05) is 23.2 Å². The first-order valence-corrected chi connectivity index (χ1v) is 11.9. The highest BCUT2D eigenvalue weighted by atomic mass is 16.4. The van der Waals surface area contributed by atoms with Gasteiger partial charge in [-0.3, -0.25) is 9.59 Å². The van der Waals surface area contributed by atoms with Crippen molar-refractivity contribution in [3.8, 4) is 0 Å². The third kappa shape index (κ3) is 5.25. The number of carbonyl (C=O) groups is 2. The summed E-state index contributed by atoms with van der Waals surface area (Å²) in [5.74, 6) is 0.731. The van der Waals surface area contributed by atoms with Gasteiger partial charge in [-0.15, -0.1) is 0 Å². The van der Waals surface area contributed by atoms with Crippen LogP contribution in [0.2, 0.25) is 0 Å². The molecule has 5 rings (SSSR count). The molecule has 0 spiro atoms. The van der Waals surface area contributed by atoms with Gasteiger partial charge in [0.2, 0.25) is 0 Å². The van der Waals surface area contributed by atoms with E-state index >= 15 is 0 Å². The van der Waals surface area contributed by atoms with Crippen molar-refractivity contribution in [1.82, 2.24) is 5.43 Å². The summed E-state index contributed by atoms with van der Waals surface area (Å²) in [6.07, 6.45) is 3.62. The molecular weight excluding hydrogens is 470 g/mol. The molecule has 2 amide bonds. The largest absolute Gasteiger partial charge is 0.469 e. The fraction of sp³-hybridized carbons (Fsp3) is 0.179. The number of amides is 2. The summed E-state index contributed by atoms with van der Waals surface area (Å²) in [5.41, 5.74) is 7.21. The van der Waals surface area contributed by atoms with Gasteiger partial charge in [-0.25, -0.2) is 5.43 Å². The third-order valence-corrected chi connectivity index (χ3v) is 6.09. The summed E-state index contributed by atoms with van der Waals surface area (Å²) in [6.45, 7) is 3.54. The van der Waals surface area contributed by atoms with E-state index in [4.69, 9.17) is 8.83 Å². The van der Waals surface area contributed by atoms with E-state index in [0.717, 1.165) is 17.7 Å². The van der Waals surface area contributed by atoms with E-state index in [9.17, 15) is 9.59 Å². The molecular formula is C28H25N5O4. The number of hydrazone groups is 1. The highest BCUT2D eigenvalue weighted by molar-refractivity contribution is 6.09. The zero-order valence-corrected chi connectivity index (χ0v) is 20.4. The lowest BCUT2D eigenvalue weighted by Gasteiger charge is -2.13. The molecule has 1 aliphatic rings. The van der Waals surface area contributed by atoms with Crippen LogP contribution in [0.15, 0.2) is 91.1 Å². The summed E-state index contributed by atoms with van der Waals surface area (Å²) >= 11 is 0. The fourth-order valence-electron chi connectivity index (χ4n) is 4.21. The number of nitrogens with one attached hydrogen (secondary N) is 2. The zero-order chi connectivity index (χ0) is 25.8. The maximum Gasteiger partial charge on any atom is 0.291 e. The number of furan rings is 2. The van der Waals surface area contributed by atoms with Gasteiger partial charge in [0.05, 0.1) is 28.9 Å². The number of benzene rings is 2. The van der Waals surface area contributed by atoms with E-state index in [2.05, 4.69) is 26.1 Å². The third-order valence-electron chi connectivity index (χ3n) is 6.09. The number of anilines is 1. The van der Waals surface area contributed by atoms with Crippen molar-refractivity contribution in [2.24, 2.45) is 15.3 Å². The number of aryl methyl sites for hydroxylation is 2. The molecule has 2 aromatic heterocycles. The van der Waals surface area contributed by atoms with Crippen molar-refractivity contribution < 1.29 is 18.4 Å². The van der Waals surface area contributed by atoms with Gasteiger partial charge in [-0.2, -0.15) is 15.3 Å². The quantitative estimate of drug-likeness (QED) is 0.230. The van der Waals surface area contributed by atoms with Crippen LogP contribution in [0.3, 0.4) is 0 Å². The lowest BCUT2D eigenvalue weighted by atomic mass is 9.93. The lowest BCUT2D eigenvalue weighted by Crippen LogP contribution is -2.22. The Labute approximate surface area is 213 Å². The van der Waals surface area contributed by atoms with Crippen LogP contribution in [0.4, 0.5) is 17.1 Å². The van der Waals surface area contributed by atoms with Gasteiger partial charge in [-0.1, -0.05) is 18.2 Å². The number of carbonyl (C=O) groups excluding carboxylic acids is 2. The van der Waals surface area contributed by atoms with Crippen LogP contribution >= 0.6 is 0 Å². The molecule has 0 unspecified atom stereocenters. The maximum absolute atomic E-state index is 13.0. The Morgan fingerprint density at radius 1 is 0.865 bits per heavy atom. The smallest absolute Gasteiger partial charge is 0.291 e. The molecule has 4 aromatic rings. The van der Waals surface area contributed by atoms with Crippen LogP contribution < -0.4 is 10.7 Å². The van der Waals surface area contributed by atoms with Crippen molar-refractivity contribution in [3.63, 3.8) is 0 Å². The second-order valence-corrected chi connectivity index (χ2v) is 8.63. The Balaban J connectivity index is 1.29. The Morgan fingerprint density at radius 3 is 2.30 bits per heavy atom. The van der Waals surface area contributed by atoms with Gasteiger partial charge in [0.1, 0.15) is 11.5 Å². The molecule has 9 heteroatoms. The van der Waals surface area contributed by atoms with Crippen molar-refractivity contribution >= 4 is 34.6 Å². The number of hydrogen-bond acceptors (Lipinski definition) is 7. The van der Waals surface area contributed by atoms with E-state index in [1.165, 1.54) is 6.26 Å². The molecule has 186 valence electrons. The fourth-order valence-corrected chi connectivity index (χ4v) is 4.21. The molecule has 0 radical (unpaired) electrons. The number of hydrogen-bond donors (Lipinski definition) is 2. The van der Waals surface area contributed by atoms with E-state index in [-0.39, 0.29) is 17.6 Å². The first-order chi connectivity index (χ1) is 18.0. The van der Waals surface area contributed by atoms with Crippen molar-refractivity contribution in [3.05, 3.63) is 101 Å². The first kappa shape index (κ1) is 23.9. The monoisotopic (exact) mass is 495 g/mol. The predicted molar refractivity (Wildman–Crippen MR) is 139 cm³/mol. The second-order valence-electron chi connectivity index (χ2n) is 8.63. The van der Waals surface area contributed by atoms with Gasteiger partial charge in [0.25, 0.3) is 11.8 Å². The molecule has 0 fully saturated rings. The number of fused-ring (bicyclic) bond motifs is 1. The molecule has 0 bridgehead atoms. The Hall–Kier alpha value is -4.79. The topological polar surface area (TPSA) is 122 Å². The summed E-state index contributed by atoms with van der Waals surface area (Å²) in [7, 11) is 0. The number of rotatable bonds is 6. The van der Waals surface area contributed by atoms with Crippen LogP contribution in [0.25, 0.3) is 0 Å². The predicted octanol–water partition coefficient (Wildman–Crippen LogP) is 6.63.